The Morgan fingerprint density at radius 3 is 2.75 bits per heavy atom. The van der Waals surface area contributed by atoms with Gasteiger partial charge in [0.15, 0.2) is 11.3 Å². The molecule has 2 N–H and O–H groups in total. The molecule has 0 spiro atoms. The van der Waals surface area contributed by atoms with E-state index in [9.17, 15) is 8.42 Å². The minimum Gasteiger partial charge on any atom is -0.345 e. The Balaban J connectivity index is 1.44. The van der Waals surface area contributed by atoms with Gasteiger partial charge in [-0.1, -0.05) is 26.7 Å². The summed E-state index contributed by atoms with van der Waals surface area (Å²) in [5.41, 5.74) is 2.49. The molecular weight excluding hydrogens is 376 g/mol. The minimum absolute atomic E-state index is 0.0334. The lowest BCUT2D eigenvalue weighted by Crippen LogP contribution is -2.36. The highest BCUT2D eigenvalue weighted by Gasteiger charge is 2.48. The van der Waals surface area contributed by atoms with Crippen molar-refractivity contribution in [2.45, 2.75) is 63.2 Å². The van der Waals surface area contributed by atoms with Crippen molar-refractivity contribution in [3.05, 3.63) is 24.3 Å². The minimum atomic E-state index is -3.23. The molecule has 0 aromatic carbocycles. The molecule has 2 saturated carbocycles. The summed E-state index contributed by atoms with van der Waals surface area (Å²) in [4.78, 5) is 7.52. The number of aromatic nitrogens is 5. The van der Waals surface area contributed by atoms with Crippen molar-refractivity contribution in [3.8, 4) is 0 Å². The van der Waals surface area contributed by atoms with Crippen molar-refractivity contribution in [2.24, 2.45) is 11.8 Å². The quantitative estimate of drug-likeness (QED) is 0.659. The second-order valence-corrected chi connectivity index (χ2v) is 10.2. The maximum atomic E-state index is 12.7. The van der Waals surface area contributed by atoms with E-state index in [-0.39, 0.29) is 17.2 Å². The van der Waals surface area contributed by atoms with Crippen LogP contribution in [0.15, 0.2) is 18.5 Å². The summed E-state index contributed by atoms with van der Waals surface area (Å²) in [6.07, 6.45) is 7.92. The Morgan fingerprint density at radius 1 is 1.18 bits per heavy atom. The maximum Gasteiger partial charge on any atom is 0.215 e. The van der Waals surface area contributed by atoms with Crippen molar-refractivity contribution >= 4 is 26.8 Å². The van der Waals surface area contributed by atoms with Gasteiger partial charge in [0.1, 0.15) is 5.82 Å². The van der Waals surface area contributed by atoms with Crippen LogP contribution in [0.1, 0.15) is 57.7 Å². The molecule has 150 valence electrons. The van der Waals surface area contributed by atoms with Gasteiger partial charge in [0, 0.05) is 18.2 Å². The highest BCUT2D eigenvalue weighted by atomic mass is 32.2. The molecule has 0 bridgehead atoms. The SMILES string of the molecule is CCC1CC1S(=O)(=O)N[C@H]1C[C@@H](CC)[C@@H](c2nnc3cnc4[nH]ccc4n23)C1. The molecule has 0 amide bonds. The van der Waals surface area contributed by atoms with Gasteiger partial charge < -0.3 is 4.98 Å². The van der Waals surface area contributed by atoms with Crippen LogP contribution >= 0.6 is 0 Å². The van der Waals surface area contributed by atoms with Crippen LogP contribution in [0.3, 0.4) is 0 Å². The average molecular weight is 403 g/mol. The normalized spacial score (nSPS) is 30.4. The third-order valence-electron chi connectivity index (χ3n) is 6.63. The fraction of sp³-hybridized carbons (Fsp3) is 0.632. The van der Waals surface area contributed by atoms with E-state index >= 15 is 0 Å². The summed E-state index contributed by atoms with van der Waals surface area (Å²) >= 11 is 0. The van der Waals surface area contributed by atoms with Crippen molar-refractivity contribution < 1.29 is 8.42 Å². The zero-order valence-electron chi connectivity index (χ0n) is 16.2. The highest BCUT2D eigenvalue weighted by Crippen LogP contribution is 2.44. The van der Waals surface area contributed by atoms with Crippen molar-refractivity contribution in [1.82, 2.24) is 29.3 Å². The fourth-order valence-corrected chi connectivity index (χ4v) is 7.01. The summed E-state index contributed by atoms with van der Waals surface area (Å²) in [7, 11) is -3.23. The van der Waals surface area contributed by atoms with E-state index in [1.165, 1.54) is 0 Å². The van der Waals surface area contributed by atoms with Gasteiger partial charge in [0.05, 0.1) is 17.0 Å². The lowest BCUT2D eigenvalue weighted by Gasteiger charge is -2.16. The van der Waals surface area contributed by atoms with Gasteiger partial charge in [0.25, 0.3) is 0 Å². The topological polar surface area (TPSA) is 105 Å². The molecule has 0 saturated heterocycles. The van der Waals surface area contributed by atoms with E-state index in [4.69, 9.17) is 0 Å². The van der Waals surface area contributed by atoms with Gasteiger partial charge in [-0.05, 0) is 37.2 Å². The van der Waals surface area contributed by atoms with Gasteiger partial charge in [-0.3, -0.25) is 4.40 Å². The van der Waals surface area contributed by atoms with Crippen molar-refractivity contribution in [2.75, 3.05) is 0 Å². The molecule has 2 unspecified atom stereocenters. The Hall–Kier alpha value is -2.00. The number of fused-ring (bicyclic) bond motifs is 3. The van der Waals surface area contributed by atoms with Crippen molar-refractivity contribution in [1.29, 1.82) is 0 Å². The molecule has 3 aromatic heterocycles. The van der Waals surface area contributed by atoms with E-state index in [2.05, 4.69) is 43.1 Å². The number of aromatic amines is 1. The van der Waals surface area contributed by atoms with Crippen LogP contribution in [-0.4, -0.2) is 44.3 Å². The fourth-order valence-electron chi connectivity index (χ4n) is 4.98. The molecule has 0 radical (unpaired) electrons. The molecule has 3 aromatic rings. The van der Waals surface area contributed by atoms with Gasteiger partial charge in [-0.25, -0.2) is 18.1 Å². The number of sulfonamides is 1. The first-order chi connectivity index (χ1) is 13.5. The zero-order chi connectivity index (χ0) is 19.5. The Labute approximate surface area is 164 Å². The maximum absolute atomic E-state index is 12.7. The first-order valence-corrected chi connectivity index (χ1v) is 11.7. The number of nitrogens with one attached hydrogen (secondary N) is 2. The first kappa shape index (κ1) is 18.1. The second kappa shape index (κ2) is 6.52. The van der Waals surface area contributed by atoms with E-state index in [1.807, 2.05) is 12.3 Å². The molecule has 0 aliphatic heterocycles. The number of rotatable bonds is 6. The van der Waals surface area contributed by atoms with Crippen LogP contribution in [0.2, 0.25) is 0 Å². The third kappa shape index (κ3) is 2.83. The van der Waals surface area contributed by atoms with Crippen LogP contribution < -0.4 is 4.72 Å². The Morgan fingerprint density at radius 2 is 2.00 bits per heavy atom. The van der Waals surface area contributed by atoms with Crippen LogP contribution in [0.5, 0.6) is 0 Å². The molecule has 28 heavy (non-hydrogen) atoms. The molecule has 2 fully saturated rings. The number of nitrogens with zero attached hydrogens (tertiary/aromatic N) is 4. The van der Waals surface area contributed by atoms with Gasteiger partial charge in [-0.15, -0.1) is 10.2 Å². The molecule has 2 aliphatic rings. The lowest BCUT2D eigenvalue weighted by molar-refractivity contribution is 0.449. The predicted molar refractivity (Wildman–Crippen MR) is 106 cm³/mol. The van der Waals surface area contributed by atoms with E-state index in [1.54, 1.807) is 6.20 Å². The predicted octanol–water partition coefficient (Wildman–Crippen LogP) is 2.60. The second-order valence-electron chi connectivity index (χ2n) is 8.27. The summed E-state index contributed by atoms with van der Waals surface area (Å²) in [6, 6.07) is 1.95. The number of hydrogen-bond acceptors (Lipinski definition) is 5. The van der Waals surface area contributed by atoms with E-state index in [0.717, 1.165) is 54.7 Å². The number of hydrogen-bond donors (Lipinski definition) is 2. The standard InChI is InChI=1S/C19H26N6O2S/c1-3-11-7-13(24-28(26,27)16-8-12(16)4-2)9-14(11)19-23-22-17-10-21-18-15(25(17)19)5-6-20-18/h5-6,10-14,16,20,24H,3-4,7-9H2,1-2H3/t11-,12?,13+,14+,16?/m1/s1. The average Bonchev–Trinajstić information content (AvgIpc) is 3.00. The van der Waals surface area contributed by atoms with Crippen LogP contribution in [0, 0.1) is 11.8 Å². The van der Waals surface area contributed by atoms with E-state index in [0.29, 0.717) is 11.8 Å². The molecule has 5 rings (SSSR count). The van der Waals surface area contributed by atoms with E-state index < -0.39 is 10.0 Å². The van der Waals surface area contributed by atoms with Crippen LogP contribution in [0.4, 0.5) is 0 Å². The molecule has 8 nitrogen and oxygen atoms in total. The molecular formula is C19H26N6O2S. The van der Waals surface area contributed by atoms with Gasteiger partial charge in [-0.2, -0.15) is 0 Å². The molecule has 2 aliphatic carbocycles. The largest absolute Gasteiger partial charge is 0.345 e. The summed E-state index contributed by atoms with van der Waals surface area (Å²) in [5.74, 6) is 1.79. The number of H-pyrrole nitrogens is 1. The smallest absolute Gasteiger partial charge is 0.215 e. The highest BCUT2D eigenvalue weighted by molar-refractivity contribution is 7.90. The summed E-state index contributed by atoms with van der Waals surface area (Å²) < 4.78 is 30.5. The monoisotopic (exact) mass is 402 g/mol. The van der Waals surface area contributed by atoms with Crippen LogP contribution in [-0.2, 0) is 10.0 Å². The Bertz CT molecular complexity index is 1120. The molecule has 5 atom stereocenters. The van der Waals surface area contributed by atoms with Crippen molar-refractivity contribution in [3.63, 3.8) is 0 Å². The molecule has 9 heteroatoms. The Kier molecular flexibility index (Phi) is 4.20. The zero-order valence-corrected chi connectivity index (χ0v) is 17.0. The van der Waals surface area contributed by atoms with Gasteiger partial charge >= 0.3 is 0 Å². The molecule has 3 heterocycles. The summed E-state index contributed by atoms with van der Waals surface area (Å²) in [5, 5.41) is 8.61. The lowest BCUT2D eigenvalue weighted by atomic mass is 9.93. The van der Waals surface area contributed by atoms with Gasteiger partial charge in [0.2, 0.25) is 10.0 Å². The third-order valence-corrected chi connectivity index (χ3v) is 8.67. The first-order valence-electron chi connectivity index (χ1n) is 10.2. The van der Waals surface area contributed by atoms with Crippen LogP contribution in [0.25, 0.3) is 16.8 Å². The summed E-state index contributed by atoms with van der Waals surface area (Å²) in [6.45, 7) is 4.23.